The number of hydrogen-bond donors (Lipinski definition) is 2. The van der Waals surface area contributed by atoms with Crippen molar-refractivity contribution in [3.05, 3.63) is 12.7 Å². The van der Waals surface area contributed by atoms with Crippen LogP contribution in [-0.4, -0.2) is 40.8 Å². The summed E-state index contributed by atoms with van der Waals surface area (Å²) in [6, 6.07) is 0. The van der Waals surface area contributed by atoms with Gasteiger partial charge in [0, 0.05) is 23.2 Å². The number of Topliss-reactive ketones (excluding diaryl/α,β-unsaturated/α-hetero) is 1. The molecule has 0 spiro atoms. The Morgan fingerprint density at radius 2 is 2.00 bits per heavy atom. The second-order valence-electron chi connectivity index (χ2n) is 9.72. The van der Waals surface area contributed by atoms with E-state index in [1.807, 2.05) is 6.92 Å². The van der Waals surface area contributed by atoms with Crippen molar-refractivity contribution >= 4 is 11.8 Å². The van der Waals surface area contributed by atoms with Crippen LogP contribution in [0.5, 0.6) is 0 Å². The van der Waals surface area contributed by atoms with Crippen molar-refractivity contribution in [2.45, 2.75) is 72.0 Å². The Hall–Kier alpha value is -1.20. The van der Waals surface area contributed by atoms with Crippen LogP contribution in [0.2, 0.25) is 0 Å². The molecule has 3 rings (SSSR count). The van der Waals surface area contributed by atoms with Gasteiger partial charge in [-0.15, -0.1) is 6.58 Å². The van der Waals surface area contributed by atoms with Crippen molar-refractivity contribution in [2.24, 2.45) is 34.0 Å². The van der Waals surface area contributed by atoms with E-state index in [-0.39, 0.29) is 29.0 Å². The van der Waals surface area contributed by atoms with Crippen LogP contribution in [0, 0.1) is 34.0 Å². The third-order valence-electron chi connectivity index (χ3n) is 8.70. The summed E-state index contributed by atoms with van der Waals surface area (Å²) >= 11 is 0. The quantitative estimate of drug-likeness (QED) is 0.583. The van der Waals surface area contributed by atoms with Crippen LogP contribution >= 0.6 is 0 Å². The smallest absolute Gasteiger partial charge is 0.332 e. The van der Waals surface area contributed by atoms with Crippen LogP contribution in [0.25, 0.3) is 0 Å². The minimum absolute atomic E-state index is 0.0433. The van der Waals surface area contributed by atoms with E-state index in [4.69, 9.17) is 4.74 Å². The fraction of sp³-hybridized carbons (Fsp3) is 0.818. The lowest BCUT2D eigenvalue weighted by atomic mass is 9.44. The zero-order valence-corrected chi connectivity index (χ0v) is 17.0. The Kier molecular flexibility index (Phi) is 5.09. The summed E-state index contributed by atoms with van der Waals surface area (Å²) < 4.78 is 5.77. The Bertz CT molecular complexity index is 645. The third kappa shape index (κ3) is 2.72. The molecule has 0 aliphatic heterocycles. The lowest BCUT2D eigenvalue weighted by molar-refractivity contribution is -0.207. The van der Waals surface area contributed by atoms with Gasteiger partial charge < -0.3 is 14.9 Å². The van der Waals surface area contributed by atoms with Gasteiger partial charge in [-0.05, 0) is 42.9 Å². The molecular formula is C22H34O5. The van der Waals surface area contributed by atoms with E-state index in [0.717, 1.165) is 19.3 Å². The molecule has 0 aromatic carbocycles. The molecule has 0 aromatic heterocycles. The second-order valence-corrected chi connectivity index (χ2v) is 9.72. The molecule has 0 amide bonds. The summed E-state index contributed by atoms with van der Waals surface area (Å²) in [6.45, 7) is 11.5. The number of ether oxygens (including phenoxy) is 1. The molecule has 5 nitrogen and oxygen atoms in total. The number of aliphatic hydroxyl groups excluding tert-OH is 2. The summed E-state index contributed by atoms with van der Waals surface area (Å²) in [5.74, 6) is -0.520. The molecule has 0 unspecified atom stereocenters. The maximum Gasteiger partial charge on any atom is 0.332 e. The van der Waals surface area contributed by atoms with Crippen molar-refractivity contribution in [1.29, 1.82) is 0 Å². The standard InChI is InChI=1S/C22H34O5/c1-6-20(4)11-16(27-17(25)12-23)21(5)13(2)7-9-22(14(3)19(20)26)10-8-15(24)18(21)22/h6,13-14,16,18-19,23,26H,1,7-12H2,2-5H3/t13-,14-,16-,18-,19-,20+,21-,22-/m0/s1. The Morgan fingerprint density at radius 3 is 2.59 bits per heavy atom. The lowest BCUT2D eigenvalue weighted by Crippen LogP contribution is -2.63. The molecule has 3 saturated carbocycles. The van der Waals surface area contributed by atoms with Crippen molar-refractivity contribution in [3.8, 4) is 0 Å². The van der Waals surface area contributed by atoms with Gasteiger partial charge >= 0.3 is 5.97 Å². The van der Waals surface area contributed by atoms with Crippen LogP contribution in [0.3, 0.4) is 0 Å². The summed E-state index contributed by atoms with van der Waals surface area (Å²) in [7, 11) is 0. The van der Waals surface area contributed by atoms with E-state index in [2.05, 4.69) is 27.4 Å². The molecule has 27 heavy (non-hydrogen) atoms. The molecule has 5 heteroatoms. The van der Waals surface area contributed by atoms with Crippen molar-refractivity contribution < 1.29 is 24.5 Å². The Labute approximate surface area is 162 Å². The number of rotatable bonds is 3. The van der Waals surface area contributed by atoms with E-state index >= 15 is 0 Å². The van der Waals surface area contributed by atoms with Gasteiger partial charge in [0.1, 0.15) is 18.5 Å². The van der Waals surface area contributed by atoms with E-state index < -0.39 is 35.6 Å². The number of ketones is 1. The minimum Gasteiger partial charge on any atom is -0.460 e. The maximum atomic E-state index is 13.1. The third-order valence-corrected chi connectivity index (χ3v) is 8.70. The number of carbonyl (C=O) groups is 2. The van der Waals surface area contributed by atoms with Gasteiger partial charge in [0.2, 0.25) is 0 Å². The van der Waals surface area contributed by atoms with Gasteiger partial charge in [-0.25, -0.2) is 4.79 Å². The molecule has 0 radical (unpaired) electrons. The number of carbonyl (C=O) groups excluding carboxylic acids is 2. The van der Waals surface area contributed by atoms with Gasteiger partial charge in [-0.1, -0.05) is 33.8 Å². The monoisotopic (exact) mass is 378 g/mol. The predicted octanol–water partition coefficient (Wildman–Crippen LogP) is 2.89. The SMILES string of the molecule is C=C[C@]1(C)C[C@H](OC(=O)CO)[C@@]2(C)[C@@H]3C(=O)CC[C@@]3(CC[C@@H]2C)[C@@H](C)[C@@H]1O. The molecule has 2 N–H and O–H groups in total. The van der Waals surface area contributed by atoms with Gasteiger partial charge in [0.15, 0.2) is 0 Å². The number of esters is 1. The predicted molar refractivity (Wildman–Crippen MR) is 102 cm³/mol. The van der Waals surface area contributed by atoms with Crippen LogP contribution in [0.4, 0.5) is 0 Å². The van der Waals surface area contributed by atoms with Crippen molar-refractivity contribution in [3.63, 3.8) is 0 Å². The minimum atomic E-state index is -0.686. The molecule has 3 aliphatic carbocycles. The normalized spacial score (nSPS) is 49.7. The molecule has 152 valence electrons. The maximum absolute atomic E-state index is 13.1. The molecular weight excluding hydrogens is 344 g/mol. The number of hydrogen-bond acceptors (Lipinski definition) is 5. The van der Waals surface area contributed by atoms with E-state index in [0.29, 0.717) is 12.8 Å². The summed E-state index contributed by atoms with van der Waals surface area (Å²) in [5, 5.41) is 20.6. The Morgan fingerprint density at radius 1 is 1.33 bits per heavy atom. The van der Waals surface area contributed by atoms with Crippen LogP contribution < -0.4 is 0 Å². The van der Waals surface area contributed by atoms with Crippen LogP contribution in [0.15, 0.2) is 12.7 Å². The lowest BCUT2D eigenvalue weighted by Gasteiger charge is -2.61. The molecule has 0 saturated heterocycles. The second kappa shape index (κ2) is 6.70. The van der Waals surface area contributed by atoms with Gasteiger partial charge in [-0.3, -0.25) is 4.79 Å². The molecule has 2 bridgehead atoms. The molecule has 0 aromatic rings. The first-order valence-electron chi connectivity index (χ1n) is 10.2. The zero-order chi connectivity index (χ0) is 20.2. The largest absolute Gasteiger partial charge is 0.460 e. The van der Waals surface area contributed by atoms with E-state index in [9.17, 15) is 19.8 Å². The molecule has 3 aliphatic rings. The highest BCUT2D eigenvalue weighted by Crippen LogP contribution is 2.67. The first-order valence-corrected chi connectivity index (χ1v) is 10.2. The molecule has 8 atom stereocenters. The van der Waals surface area contributed by atoms with Gasteiger partial charge in [-0.2, -0.15) is 0 Å². The number of aliphatic hydroxyl groups is 2. The zero-order valence-electron chi connectivity index (χ0n) is 17.0. The van der Waals surface area contributed by atoms with Gasteiger partial charge in [0.25, 0.3) is 0 Å². The van der Waals surface area contributed by atoms with Crippen molar-refractivity contribution in [2.75, 3.05) is 6.61 Å². The first kappa shape index (κ1) is 20.5. The summed E-state index contributed by atoms with van der Waals surface area (Å²) in [5.41, 5.74) is -1.43. The average molecular weight is 379 g/mol. The average Bonchev–Trinajstić information content (AvgIpc) is 3.00. The fourth-order valence-electron chi connectivity index (χ4n) is 6.70. The topological polar surface area (TPSA) is 83.8 Å². The molecule has 3 fully saturated rings. The highest BCUT2D eigenvalue weighted by molar-refractivity contribution is 5.85. The highest BCUT2D eigenvalue weighted by Gasteiger charge is 2.68. The summed E-state index contributed by atoms with van der Waals surface area (Å²) in [4.78, 5) is 25.2. The van der Waals surface area contributed by atoms with Gasteiger partial charge in [0.05, 0.1) is 6.10 Å². The fourth-order valence-corrected chi connectivity index (χ4v) is 6.70. The Balaban J connectivity index is 2.21. The van der Waals surface area contributed by atoms with Crippen LogP contribution in [-0.2, 0) is 14.3 Å². The van der Waals surface area contributed by atoms with Crippen LogP contribution in [0.1, 0.15) is 59.8 Å². The van der Waals surface area contributed by atoms with E-state index in [1.165, 1.54) is 0 Å². The van der Waals surface area contributed by atoms with E-state index in [1.54, 1.807) is 6.08 Å². The summed E-state index contributed by atoms with van der Waals surface area (Å²) in [6.07, 6.45) is 4.10. The highest BCUT2D eigenvalue weighted by atomic mass is 16.6. The first-order chi connectivity index (χ1) is 12.6. The van der Waals surface area contributed by atoms with Crippen molar-refractivity contribution in [1.82, 2.24) is 0 Å². The molecule has 0 heterocycles.